The number of anilines is 2. The molecule has 10 heteroatoms. The fraction of sp³-hybridized carbons (Fsp3) is 0.370. The first kappa shape index (κ1) is 27.1. The molecule has 0 aliphatic carbocycles. The molecule has 0 bridgehead atoms. The van der Waals surface area contributed by atoms with E-state index < -0.39 is 11.9 Å². The van der Waals surface area contributed by atoms with Gasteiger partial charge in [0.05, 0.1) is 21.3 Å². The molecule has 37 heavy (non-hydrogen) atoms. The summed E-state index contributed by atoms with van der Waals surface area (Å²) in [6.45, 7) is 10.5. The quantitative estimate of drug-likeness (QED) is 0.229. The maximum Gasteiger partial charge on any atom is 0.166 e. The highest BCUT2D eigenvalue weighted by atomic mass is 35.5. The van der Waals surface area contributed by atoms with Crippen molar-refractivity contribution < 1.29 is 9.13 Å². The largest absolute Gasteiger partial charge is 0.486 e. The maximum absolute atomic E-state index is 15.1. The molecule has 1 atom stereocenters. The Bertz CT molecular complexity index is 1290. The van der Waals surface area contributed by atoms with Crippen LogP contribution >= 0.6 is 23.2 Å². The van der Waals surface area contributed by atoms with E-state index in [1.165, 1.54) is 24.7 Å². The number of nitrogens with one attached hydrogen (secondary N) is 2. The average Bonchev–Trinajstić information content (AvgIpc) is 2.82. The molecule has 1 aliphatic heterocycles. The van der Waals surface area contributed by atoms with Crippen LogP contribution in [-0.2, 0) is 0 Å². The summed E-state index contributed by atoms with van der Waals surface area (Å²) in [7, 11) is 0. The Morgan fingerprint density at radius 1 is 1.19 bits per heavy atom. The zero-order valence-corrected chi connectivity index (χ0v) is 22.8. The van der Waals surface area contributed by atoms with E-state index in [0.29, 0.717) is 57.2 Å². The number of ether oxygens (including phenoxy) is 1. The first-order valence-electron chi connectivity index (χ1n) is 12.1. The fourth-order valence-electron chi connectivity index (χ4n) is 4.36. The minimum Gasteiger partial charge on any atom is -0.486 e. The Morgan fingerprint density at radius 3 is 2.49 bits per heavy atom. The molecular formula is C27H31Cl2FN6O. The van der Waals surface area contributed by atoms with Crippen molar-refractivity contribution in [2.45, 2.75) is 39.3 Å². The number of hydrogen-bond donors (Lipinski definition) is 3. The van der Waals surface area contributed by atoms with Crippen molar-refractivity contribution >= 4 is 40.4 Å². The lowest BCUT2D eigenvalue weighted by Crippen LogP contribution is -2.68. The zero-order chi connectivity index (χ0) is 26.9. The van der Waals surface area contributed by atoms with Crippen molar-refractivity contribution in [2.24, 2.45) is 5.92 Å². The fourth-order valence-corrected chi connectivity index (χ4v) is 5.03. The summed E-state index contributed by atoms with van der Waals surface area (Å²) < 4.78 is 21.1. The number of pyridine rings is 2. The van der Waals surface area contributed by atoms with Gasteiger partial charge in [-0.05, 0) is 50.6 Å². The molecular weight excluding hydrogens is 514 g/mol. The van der Waals surface area contributed by atoms with Crippen molar-refractivity contribution in [1.29, 1.82) is 5.41 Å². The summed E-state index contributed by atoms with van der Waals surface area (Å²) in [5.41, 5.74) is 7.83. The van der Waals surface area contributed by atoms with Crippen LogP contribution in [0, 0.1) is 17.1 Å². The molecule has 3 aromatic rings. The van der Waals surface area contributed by atoms with Crippen LogP contribution < -0.4 is 20.7 Å². The van der Waals surface area contributed by atoms with Crippen LogP contribution in [0.4, 0.5) is 15.9 Å². The summed E-state index contributed by atoms with van der Waals surface area (Å²) in [6, 6.07) is 6.31. The van der Waals surface area contributed by atoms with Crippen molar-refractivity contribution in [2.75, 3.05) is 30.3 Å². The van der Waals surface area contributed by atoms with Crippen LogP contribution in [0.2, 0.25) is 10.0 Å². The Kier molecular flexibility index (Phi) is 7.92. The summed E-state index contributed by atoms with van der Waals surface area (Å²) in [5, 5.41) is 13.0. The smallest absolute Gasteiger partial charge is 0.166 e. The molecule has 4 N–H and O–H groups in total. The summed E-state index contributed by atoms with van der Waals surface area (Å²) in [5.74, 6) is 0.807. The van der Waals surface area contributed by atoms with E-state index in [2.05, 4.69) is 36.1 Å². The number of nitrogens with two attached hydrogens (primary N) is 1. The minimum atomic E-state index is -0.482. The van der Waals surface area contributed by atoms with Crippen molar-refractivity contribution in [3.8, 4) is 5.75 Å². The lowest BCUT2D eigenvalue weighted by atomic mass is 9.91. The van der Waals surface area contributed by atoms with E-state index in [4.69, 9.17) is 39.1 Å². The molecule has 4 rings (SSSR count). The average molecular weight is 545 g/mol. The van der Waals surface area contributed by atoms with Gasteiger partial charge in [-0.3, -0.25) is 10.4 Å². The topological polar surface area (TPSA) is 100 Å². The first-order chi connectivity index (χ1) is 17.5. The molecule has 0 saturated carbocycles. The number of nitrogen functional groups attached to an aromatic ring is 1. The molecule has 0 radical (unpaired) electrons. The molecule has 1 fully saturated rings. The summed E-state index contributed by atoms with van der Waals surface area (Å²) in [6.07, 6.45) is 4.02. The normalized spacial score (nSPS) is 15.4. The van der Waals surface area contributed by atoms with Crippen LogP contribution in [0.1, 0.15) is 50.5 Å². The van der Waals surface area contributed by atoms with Crippen LogP contribution in [0.25, 0.3) is 0 Å². The van der Waals surface area contributed by atoms with Crippen molar-refractivity contribution in [1.82, 2.24) is 15.3 Å². The van der Waals surface area contributed by atoms with Gasteiger partial charge in [0.2, 0.25) is 0 Å². The third-order valence-electron chi connectivity index (χ3n) is 6.33. The number of benzene rings is 1. The van der Waals surface area contributed by atoms with Crippen LogP contribution in [0.5, 0.6) is 5.75 Å². The summed E-state index contributed by atoms with van der Waals surface area (Å²) in [4.78, 5) is 10.2. The number of halogens is 3. The van der Waals surface area contributed by atoms with E-state index in [-0.39, 0.29) is 17.1 Å². The molecule has 1 saturated heterocycles. The molecule has 2 aromatic heterocycles. The van der Waals surface area contributed by atoms with Crippen LogP contribution in [0.3, 0.4) is 0 Å². The van der Waals surface area contributed by atoms with E-state index >= 15 is 4.39 Å². The Morgan fingerprint density at radius 2 is 1.86 bits per heavy atom. The Hall–Kier alpha value is -2.94. The molecule has 0 spiro atoms. The van der Waals surface area contributed by atoms with Gasteiger partial charge in [0.1, 0.15) is 11.9 Å². The van der Waals surface area contributed by atoms with E-state index in [0.717, 1.165) is 6.54 Å². The second-order valence-electron chi connectivity index (χ2n) is 10.1. The van der Waals surface area contributed by atoms with Gasteiger partial charge in [-0.2, -0.15) is 0 Å². The summed E-state index contributed by atoms with van der Waals surface area (Å²) >= 11 is 12.5. The van der Waals surface area contributed by atoms with Gasteiger partial charge < -0.3 is 20.7 Å². The van der Waals surface area contributed by atoms with Gasteiger partial charge in [-0.25, -0.2) is 9.37 Å². The predicted octanol–water partition coefficient (Wildman–Crippen LogP) is 5.89. The van der Waals surface area contributed by atoms with Crippen molar-refractivity contribution in [3.05, 3.63) is 75.4 Å². The Labute approximate surface area is 226 Å². The monoisotopic (exact) mass is 544 g/mol. The number of nitrogens with zero attached hydrogens (tertiary/aromatic N) is 3. The van der Waals surface area contributed by atoms with Crippen molar-refractivity contribution in [3.63, 3.8) is 0 Å². The molecule has 0 unspecified atom stereocenters. The number of aromatic nitrogens is 2. The molecule has 3 heterocycles. The Balaban J connectivity index is 1.49. The molecule has 1 aliphatic rings. The highest BCUT2D eigenvalue weighted by molar-refractivity contribution is 6.35. The molecule has 196 valence electrons. The lowest BCUT2D eigenvalue weighted by Gasteiger charge is -2.49. The van der Waals surface area contributed by atoms with Gasteiger partial charge in [0, 0.05) is 54.1 Å². The van der Waals surface area contributed by atoms with Gasteiger partial charge in [-0.1, -0.05) is 37.0 Å². The van der Waals surface area contributed by atoms with E-state index in [9.17, 15) is 0 Å². The first-order valence-corrected chi connectivity index (χ1v) is 12.8. The second kappa shape index (κ2) is 10.8. The highest BCUT2D eigenvalue weighted by Gasteiger charge is 2.40. The zero-order valence-electron chi connectivity index (χ0n) is 21.3. The van der Waals surface area contributed by atoms with E-state index in [1.807, 2.05) is 11.8 Å². The number of rotatable bonds is 9. The third kappa shape index (κ3) is 5.98. The molecule has 0 amide bonds. The standard InChI is InChI=1S/C27H31Cl2FN6O/c1-15(2)9-35-27(4)13-36(14-27)26-22(30)7-17(10-34-26)25(32)19-8-18(5-6-23(19)31)37-16(3)24-20(28)11-33-12-21(24)29/h5-8,10-12,15-16,32,35H,9,13-14,31H2,1-4H3/t16-/m1/s1. The highest BCUT2D eigenvalue weighted by Crippen LogP contribution is 2.34. The SMILES string of the molecule is CC(C)CNC1(C)CN(c2ncc(C(=N)c3cc(O[C@H](C)c4c(Cl)cncc4Cl)ccc3N)cc2F)C1. The van der Waals surface area contributed by atoms with Gasteiger partial charge in [-0.15, -0.1) is 0 Å². The predicted molar refractivity (Wildman–Crippen MR) is 148 cm³/mol. The van der Waals surface area contributed by atoms with Gasteiger partial charge in [0.15, 0.2) is 11.6 Å². The molecule has 7 nitrogen and oxygen atoms in total. The third-order valence-corrected chi connectivity index (χ3v) is 6.93. The van der Waals surface area contributed by atoms with Crippen LogP contribution in [-0.4, -0.2) is 40.9 Å². The lowest BCUT2D eigenvalue weighted by molar-refractivity contribution is 0.227. The minimum absolute atomic E-state index is 0.0422. The van der Waals surface area contributed by atoms with E-state index in [1.54, 1.807) is 18.2 Å². The number of hydrogen-bond acceptors (Lipinski definition) is 7. The maximum atomic E-state index is 15.1. The second-order valence-corrected chi connectivity index (χ2v) is 10.9. The van der Waals surface area contributed by atoms with Gasteiger partial charge >= 0.3 is 0 Å². The van der Waals surface area contributed by atoms with Gasteiger partial charge in [0.25, 0.3) is 0 Å². The molecule has 1 aromatic carbocycles. The van der Waals surface area contributed by atoms with Crippen LogP contribution in [0.15, 0.2) is 42.9 Å².